The van der Waals surface area contributed by atoms with Gasteiger partial charge in [-0.1, -0.05) is 30.3 Å². The van der Waals surface area contributed by atoms with Crippen molar-refractivity contribution in [1.82, 2.24) is 0 Å². The second kappa shape index (κ2) is 7.55. The summed E-state index contributed by atoms with van der Waals surface area (Å²) < 4.78 is 17.6. The number of benzene rings is 1. The molecular weight excluding hydrogens is 276 g/mol. The van der Waals surface area contributed by atoms with E-state index >= 15 is 0 Å². The van der Waals surface area contributed by atoms with Crippen LogP contribution in [-0.2, 0) is 26.8 Å². The second-order valence-electron chi connectivity index (χ2n) is 5.56. The number of ether oxygens (including phenoxy) is 1. The smallest absolute Gasteiger partial charge is 0.319 e. The van der Waals surface area contributed by atoms with Crippen molar-refractivity contribution in [3.63, 3.8) is 0 Å². The Kier molecular flexibility index (Phi) is 6.36. The number of aliphatic carboxylic acids is 1. The van der Waals surface area contributed by atoms with E-state index in [1.54, 1.807) is 0 Å². The van der Waals surface area contributed by atoms with Gasteiger partial charge in [-0.2, -0.15) is 0 Å². The molecule has 0 aliphatic rings. The molecule has 1 rings (SSSR count). The molecule has 4 nitrogen and oxygen atoms in total. The average Bonchev–Trinajstić information content (AvgIpc) is 2.35. The SMILES string of the molecule is CC(C)(C)OCCS(=O)C(Cc1ccccc1)C(=O)O. The molecule has 1 N–H and O–H groups in total. The van der Waals surface area contributed by atoms with Gasteiger partial charge in [-0.25, -0.2) is 0 Å². The molecule has 0 saturated heterocycles. The maximum absolute atomic E-state index is 12.1. The molecule has 0 amide bonds. The standard InChI is InChI=1S/C15H22O4S/c1-15(2,3)19-9-10-20(18)13(14(16)17)11-12-7-5-4-6-8-12/h4-8,13H,9-11H2,1-3H3,(H,16,17). The summed E-state index contributed by atoms with van der Waals surface area (Å²) in [5, 5.41) is 8.34. The molecule has 1 aromatic rings. The number of rotatable bonds is 7. The van der Waals surface area contributed by atoms with E-state index in [2.05, 4.69) is 0 Å². The molecule has 5 heteroatoms. The van der Waals surface area contributed by atoms with Crippen molar-refractivity contribution in [2.24, 2.45) is 0 Å². The first-order valence-electron chi connectivity index (χ1n) is 6.57. The van der Waals surface area contributed by atoms with Gasteiger partial charge in [0.05, 0.1) is 12.2 Å². The quantitative estimate of drug-likeness (QED) is 0.838. The predicted molar refractivity (Wildman–Crippen MR) is 80.3 cm³/mol. The third-order valence-electron chi connectivity index (χ3n) is 2.68. The van der Waals surface area contributed by atoms with Crippen molar-refractivity contribution in [1.29, 1.82) is 0 Å². The number of carbonyl (C=O) groups is 1. The Morgan fingerprint density at radius 1 is 1.30 bits per heavy atom. The maximum atomic E-state index is 12.1. The van der Waals surface area contributed by atoms with Gasteiger partial charge in [-0.3, -0.25) is 9.00 Å². The zero-order valence-corrected chi connectivity index (χ0v) is 13.0. The van der Waals surface area contributed by atoms with Crippen LogP contribution in [0.1, 0.15) is 26.3 Å². The van der Waals surface area contributed by atoms with E-state index in [1.165, 1.54) is 0 Å². The van der Waals surface area contributed by atoms with Crippen molar-refractivity contribution >= 4 is 16.8 Å². The molecule has 20 heavy (non-hydrogen) atoms. The summed E-state index contributed by atoms with van der Waals surface area (Å²) in [7, 11) is -1.45. The van der Waals surface area contributed by atoms with Crippen LogP contribution in [0.15, 0.2) is 30.3 Å². The molecule has 2 unspecified atom stereocenters. The van der Waals surface area contributed by atoms with Gasteiger partial charge >= 0.3 is 5.97 Å². The van der Waals surface area contributed by atoms with Gasteiger partial charge in [0.15, 0.2) is 0 Å². The van der Waals surface area contributed by atoms with Crippen molar-refractivity contribution < 1.29 is 18.8 Å². The number of hydrogen-bond donors (Lipinski definition) is 1. The molecule has 0 fully saturated rings. The van der Waals surface area contributed by atoms with Crippen LogP contribution in [0.4, 0.5) is 0 Å². The average molecular weight is 298 g/mol. The first kappa shape index (κ1) is 16.9. The van der Waals surface area contributed by atoms with Gasteiger partial charge in [-0.05, 0) is 32.8 Å². The molecule has 0 saturated carbocycles. The third kappa shape index (κ3) is 6.30. The van der Waals surface area contributed by atoms with Crippen LogP contribution in [0, 0.1) is 0 Å². The lowest BCUT2D eigenvalue weighted by atomic mass is 10.1. The molecule has 0 aliphatic carbocycles. The molecule has 1 aromatic carbocycles. The largest absolute Gasteiger partial charge is 0.480 e. The molecular formula is C15H22O4S. The molecule has 112 valence electrons. The van der Waals surface area contributed by atoms with E-state index in [0.717, 1.165) is 5.56 Å². The Bertz CT molecular complexity index is 451. The second-order valence-corrected chi connectivity index (χ2v) is 7.30. The number of carboxylic acids is 1. The van der Waals surface area contributed by atoms with Crippen LogP contribution < -0.4 is 0 Å². The molecule has 0 aromatic heterocycles. The lowest BCUT2D eigenvalue weighted by Gasteiger charge is -2.20. The van der Waals surface area contributed by atoms with Crippen molar-refractivity contribution in [3.05, 3.63) is 35.9 Å². The summed E-state index contributed by atoms with van der Waals surface area (Å²) in [6.07, 6.45) is 0.276. The van der Waals surface area contributed by atoms with Crippen LogP contribution in [0.3, 0.4) is 0 Å². The Labute approximate surface area is 122 Å². The molecule has 2 atom stereocenters. The summed E-state index contributed by atoms with van der Waals surface area (Å²) in [5.41, 5.74) is 0.576. The van der Waals surface area contributed by atoms with Crippen LogP contribution in [-0.4, -0.2) is 38.5 Å². The summed E-state index contributed by atoms with van der Waals surface area (Å²) >= 11 is 0. The zero-order chi connectivity index (χ0) is 15.2. The first-order chi connectivity index (χ1) is 9.29. The fourth-order valence-corrected chi connectivity index (χ4v) is 2.83. The zero-order valence-electron chi connectivity index (χ0n) is 12.2. The first-order valence-corrected chi connectivity index (χ1v) is 7.95. The van der Waals surface area contributed by atoms with Crippen LogP contribution in [0.2, 0.25) is 0 Å². The molecule has 0 aliphatic heterocycles. The summed E-state index contributed by atoms with van der Waals surface area (Å²) in [6.45, 7) is 6.03. The lowest BCUT2D eigenvalue weighted by Crippen LogP contribution is -2.32. The topological polar surface area (TPSA) is 63.6 Å². The highest BCUT2D eigenvalue weighted by Crippen LogP contribution is 2.11. The Morgan fingerprint density at radius 2 is 1.90 bits per heavy atom. The van der Waals surface area contributed by atoms with E-state index in [0.29, 0.717) is 6.61 Å². The Balaban J connectivity index is 2.58. The molecule has 0 radical (unpaired) electrons. The van der Waals surface area contributed by atoms with E-state index in [1.807, 2.05) is 51.1 Å². The van der Waals surface area contributed by atoms with Crippen LogP contribution in [0.5, 0.6) is 0 Å². The van der Waals surface area contributed by atoms with Crippen molar-refractivity contribution in [2.45, 2.75) is 38.0 Å². The van der Waals surface area contributed by atoms with Crippen molar-refractivity contribution in [3.8, 4) is 0 Å². The molecule has 0 heterocycles. The number of carboxylic acid groups (broad SMARTS) is 1. The highest BCUT2D eigenvalue weighted by Gasteiger charge is 2.25. The van der Waals surface area contributed by atoms with E-state index in [9.17, 15) is 14.1 Å². The van der Waals surface area contributed by atoms with E-state index in [4.69, 9.17) is 4.74 Å². The van der Waals surface area contributed by atoms with Gasteiger partial charge < -0.3 is 9.84 Å². The van der Waals surface area contributed by atoms with Gasteiger partial charge in [0.25, 0.3) is 0 Å². The monoisotopic (exact) mass is 298 g/mol. The van der Waals surface area contributed by atoms with Crippen LogP contribution >= 0.6 is 0 Å². The van der Waals surface area contributed by atoms with Gasteiger partial charge in [0.2, 0.25) is 0 Å². The highest BCUT2D eigenvalue weighted by atomic mass is 32.2. The minimum atomic E-state index is -1.45. The minimum Gasteiger partial charge on any atom is -0.480 e. The fraction of sp³-hybridized carbons (Fsp3) is 0.533. The van der Waals surface area contributed by atoms with Gasteiger partial charge in [0, 0.05) is 16.6 Å². The molecule has 0 spiro atoms. The predicted octanol–water partition coefficient (Wildman–Crippen LogP) is 2.25. The maximum Gasteiger partial charge on any atom is 0.319 e. The summed E-state index contributed by atoms with van der Waals surface area (Å²) in [5.74, 6) is -0.788. The van der Waals surface area contributed by atoms with E-state index in [-0.39, 0.29) is 17.8 Å². The van der Waals surface area contributed by atoms with Gasteiger partial charge in [0.1, 0.15) is 5.25 Å². The van der Waals surface area contributed by atoms with Crippen LogP contribution in [0.25, 0.3) is 0 Å². The highest BCUT2D eigenvalue weighted by molar-refractivity contribution is 7.86. The number of hydrogen-bond acceptors (Lipinski definition) is 3. The Hall–Kier alpha value is -1.20. The fourth-order valence-electron chi connectivity index (χ4n) is 1.69. The summed E-state index contributed by atoms with van der Waals surface area (Å²) in [4.78, 5) is 11.3. The van der Waals surface area contributed by atoms with E-state index < -0.39 is 22.0 Å². The minimum absolute atomic E-state index is 0.237. The molecule has 0 bridgehead atoms. The van der Waals surface area contributed by atoms with Crippen molar-refractivity contribution in [2.75, 3.05) is 12.4 Å². The normalized spacial score (nSPS) is 14.8. The Morgan fingerprint density at radius 3 is 2.40 bits per heavy atom. The summed E-state index contributed by atoms with van der Waals surface area (Å²) in [6, 6.07) is 9.25. The van der Waals surface area contributed by atoms with Gasteiger partial charge in [-0.15, -0.1) is 0 Å². The third-order valence-corrected chi connectivity index (χ3v) is 4.25. The lowest BCUT2D eigenvalue weighted by molar-refractivity contribution is -0.136.